The monoisotopic (exact) mass is 412 g/mol. The predicted octanol–water partition coefficient (Wildman–Crippen LogP) is 4.28. The van der Waals surface area contributed by atoms with E-state index in [-0.39, 0.29) is 28.0 Å². The summed E-state index contributed by atoms with van der Waals surface area (Å²) in [5.74, 6) is 1.02. The van der Waals surface area contributed by atoms with Crippen LogP contribution in [0.25, 0.3) is 11.5 Å². The minimum absolute atomic E-state index is 0.0277. The summed E-state index contributed by atoms with van der Waals surface area (Å²) in [7, 11) is 1.89. The van der Waals surface area contributed by atoms with Crippen molar-refractivity contribution in [1.29, 1.82) is 0 Å². The molecule has 1 aliphatic heterocycles. The van der Waals surface area contributed by atoms with Crippen LogP contribution in [0.5, 0.6) is 0 Å². The molecule has 4 atom stereocenters. The number of nitrogens with one attached hydrogen (secondary N) is 1. The highest BCUT2D eigenvalue weighted by Gasteiger charge is 2.51. The van der Waals surface area contributed by atoms with Crippen LogP contribution < -0.4 is 5.32 Å². The Bertz CT molecular complexity index is 877. The van der Waals surface area contributed by atoms with Crippen molar-refractivity contribution in [3.63, 3.8) is 0 Å². The molecule has 30 heavy (non-hydrogen) atoms. The molecule has 0 aliphatic carbocycles. The number of amides is 2. The van der Waals surface area contributed by atoms with E-state index in [4.69, 9.17) is 4.42 Å². The molecule has 0 spiro atoms. The van der Waals surface area contributed by atoms with E-state index in [2.05, 4.69) is 38.0 Å². The predicted molar refractivity (Wildman–Crippen MR) is 117 cm³/mol. The van der Waals surface area contributed by atoms with Gasteiger partial charge >= 0.3 is 5.91 Å². The fourth-order valence-electron chi connectivity index (χ4n) is 4.35. The quantitative estimate of drug-likeness (QED) is 0.689. The van der Waals surface area contributed by atoms with Gasteiger partial charge in [0.1, 0.15) is 12.8 Å². The summed E-state index contributed by atoms with van der Waals surface area (Å²) in [5, 5.41) is 3.17. The Morgan fingerprint density at radius 1 is 1.23 bits per heavy atom. The minimum atomic E-state index is -0.423. The molecule has 6 heteroatoms. The van der Waals surface area contributed by atoms with Crippen molar-refractivity contribution in [2.75, 3.05) is 13.6 Å². The number of benzene rings is 1. The van der Waals surface area contributed by atoms with E-state index in [1.165, 1.54) is 6.26 Å². The van der Waals surface area contributed by atoms with Gasteiger partial charge in [0.2, 0.25) is 11.6 Å². The summed E-state index contributed by atoms with van der Waals surface area (Å²) in [5.41, 5.74) is 1.10. The van der Waals surface area contributed by atoms with Crippen LogP contribution in [-0.2, 0) is 4.79 Å². The number of carbonyl (C=O) groups excluding carboxylic acids is 2. The average molecular weight is 413 g/mol. The largest absolute Gasteiger partial charge is 0.443 e. The highest BCUT2D eigenvalue weighted by atomic mass is 16.3. The zero-order valence-corrected chi connectivity index (χ0v) is 18.7. The molecule has 2 aromatic rings. The highest BCUT2D eigenvalue weighted by Crippen LogP contribution is 2.29. The number of nitrogens with zero attached hydrogens (tertiary/aromatic N) is 2. The van der Waals surface area contributed by atoms with Gasteiger partial charge in [-0.15, -0.1) is 0 Å². The van der Waals surface area contributed by atoms with E-state index >= 15 is 0 Å². The molecule has 1 aromatic heterocycles. The maximum atomic E-state index is 13.7. The number of piperazine rings is 1. The van der Waals surface area contributed by atoms with E-state index in [0.29, 0.717) is 30.7 Å². The Hall–Kier alpha value is -2.47. The zero-order valence-electron chi connectivity index (χ0n) is 18.7. The van der Waals surface area contributed by atoms with Gasteiger partial charge in [-0.1, -0.05) is 52.3 Å². The van der Waals surface area contributed by atoms with Gasteiger partial charge in [0, 0.05) is 12.0 Å². The third-order valence-corrected chi connectivity index (χ3v) is 6.22. The SMILES string of the molecule is CCC(C)CC1C(=O)NC(CC(C)C)C[N+]1(C)C(=O)c1coc(-c2ccccc2)n1. The molecule has 1 aliphatic rings. The number of carbonyl (C=O) groups is 2. The van der Waals surface area contributed by atoms with Gasteiger partial charge in [-0.3, -0.25) is 4.79 Å². The minimum Gasteiger partial charge on any atom is -0.443 e. The van der Waals surface area contributed by atoms with Crippen LogP contribution >= 0.6 is 0 Å². The summed E-state index contributed by atoms with van der Waals surface area (Å²) in [4.78, 5) is 31.3. The van der Waals surface area contributed by atoms with Crippen LogP contribution in [0, 0.1) is 11.8 Å². The lowest BCUT2D eigenvalue weighted by molar-refractivity contribution is -0.851. The van der Waals surface area contributed by atoms with Crippen LogP contribution in [0.1, 0.15) is 57.4 Å². The van der Waals surface area contributed by atoms with Gasteiger partial charge in [0.15, 0.2) is 6.04 Å². The molecule has 6 nitrogen and oxygen atoms in total. The van der Waals surface area contributed by atoms with E-state index < -0.39 is 6.04 Å². The summed E-state index contributed by atoms with van der Waals surface area (Å²) in [6.45, 7) is 9.08. The number of oxazole rings is 1. The van der Waals surface area contributed by atoms with Crippen molar-refractivity contribution < 1.29 is 18.5 Å². The van der Waals surface area contributed by atoms with Crippen LogP contribution in [-0.4, -0.2) is 47.0 Å². The lowest BCUT2D eigenvalue weighted by atomic mass is 9.91. The maximum absolute atomic E-state index is 13.7. The fraction of sp³-hybridized carbons (Fsp3) is 0.542. The molecule has 0 radical (unpaired) electrons. The van der Waals surface area contributed by atoms with E-state index in [0.717, 1.165) is 18.4 Å². The molecular weight excluding hydrogens is 378 g/mol. The summed E-state index contributed by atoms with van der Waals surface area (Å²) in [6.07, 6.45) is 3.91. The number of rotatable bonds is 7. The first-order valence-corrected chi connectivity index (χ1v) is 11.0. The van der Waals surface area contributed by atoms with Crippen molar-refractivity contribution in [3.8, 4) is 11.5 Å². The van der Waals surface area contributed by atoms with Crippen molar-refractivity contribution in [1.82, 2.24) is 10.3 Å². The topological polar surface area (TPSA) is 72.2 Å². The average Bonchev–Trinajstić information content (AvgIpc) is 3.20. The van der Waals surface area contributed by atoms with Crippen molar-refractivity contribution in [3.05, 3.63) is 42.3 Å². The van der Waals surface area contributed by atoms with Gasteiger partial charge in [0.25, 0.3) is 5.91 Å². The van der Waals surface area contributed by atoms with Crippen LogP contribution in [0.4, 0.5) is 0 Å². The first-order valence-electron chi connectivity index (χ1n) is 11.0. The molecule has 1 aromatic carbocycles. The third kappa shape index (κ3) is 4.64. The molecule has 0 bridgehead atoms. The van der Waals surface area contributed by atoms with Crippen LogP contribution in [0.3, 0.4) is 0 Å². The number of hydrogen-bond donors (Lipinski definition) is 1. The Morgan fingerprint density at radius 2 is 1.93 bits per heavy atom. The second kappa shape index (κ2) is 9.13. The summed E-state index contributed by atoms with van der Waals surface area (Å²) >= 11 is 0. The normalized spacial score (nSPS) is 25.2. The van der Waals surface area contributed by atoms with Crippen molar-refractivity contribution in [2.45, 2.75) is 59.0 Å². The smallest absolute Gasteiger partial charge is 0.368 e. The van der Waals surface area contributed by atoms with E-state index in [1.54, 1.807) is 0 Å². The molecular formula is C24H34N3O3+. The Morgan fingerprint density at radius 3 is 2.57 bits per heavy atom. The van der Waals surface area contributed by atoms with E-state index in [9.17, 15) is 9.59 Å². The molecule has 1 N–H and O–H groups in total. The second-order valence-electron chi connectivity index (χ2n) is 9.26. The summed E-state index contributed by atoms with van der Waals surface area (Å²) < 4.78 is 5.66. The lowest BCUT2D eigenvalue weighted by Gasteiger charge is -2.45. The fourth-order valence-corrected chi connectivity index (χ4v) is 4.35. The molecule has 2 heterocycles. The van der Waals surface area contributed by atoms with Gasteiger partial charge in [-0.05, 0) is 30.4 Å². The highest BCUT2D eigenvalue weighted by molar-refractivity contribution is 5.91. The lowest BCUT2D eigenvalue weighted by Crippen LogP contribution is -2.71. The van der Waals surface area contributed by atoms with Crippen molar-refractivity contribution in [2.24, 2.45) is 11.8 Å². The van der Waals surface area contributed by atoms with Crippen molar-refractivity contribution >= 4 is 11.8 Å². The first-order chi connectivity index (χ1) is 14.2. The molecule has 0 saturated carbocycles. The number of aromatic nitrogens is 1. The molecule has 1 saturated heterocycles. The number of hydrogen-bond acceptors (Lipinski definition) is 4. The Kier molecular flexibility index (Phi) is 6.76. The molecule has 1 fully saturated rings. The molecule has 4 unspecified atom stereocenters. The molecule has 2 amide bonds. The van der Waals surface area contributed by atoms with E-state index in [1.807, 2.05) is 37.4 Å². The zero-order chi connectivity index (χ0) is 21.9. The maximum Gasteiger partial charge on any atom is 0.368 e. The molecule has 3 rings (SSSR count). The second-order valence-corrected chi connectivity index (χ2v) is 9.26. The summed E-state index contributed by atoms with van der Waals surface area (Å²) in [6, 6.07) is 9.08. The number of likely N-dealkylation sites (N-methyl/N-ethyl adjacent to an activating group) is 1. The first kappa shape index (κ1) is 22.2. The van der Waals surface area contributed by atoms with Gasteiger partial charge in [0.05, 0.1) is 13.1 Å². The van der Waals surface area contributed by atoms with Gasteiger partial charge in [-0.2, -0.15) is 4.98 Å². The van der Waals surface area contributed by atoms with Gasteiger partial charge < -0.3 is 9.73 Å². The van der Waals surface area contributed by atoms with Crippen LogP contribution in [0.2, 0.25) is 0 Å². The Labute approximate surface area is 179 Å². The number of quaternary nitrogens is 1. The standard InChI is InChI=1S/C24H33N3O3/c1-6-17(4)13-21-22(28)25-19(12-16(2)3)14-27(21,5)24(29)20-15-30-23(26-20)18-10-8-7-9-11-18/h7-11,15-17,19,21H,6,12-14H2,1-5H3/p+1. The Balaban J connectivity index is 1.93. The van der Waals surface area contributed by atoms with Crippen LogP contribution in [0.15, 0.2) is 41.0 Å². The van der Waals surface area contributed by atoms with Gasteiger partial charge in [-0.25, -0.2) is 9.28 Å². The molecule has 162 valence electrons. The third-order valence-electron chi connectivity index (χ3n) is 6.22.